The number of amides is 2. The molecule has 0 radical (unpaired) electrons. The minimum Gasteiger partial charge on any atom is -0.337 e. The molecule has 0 N–H and O–H groups in total. The zero-order valence-corrected chi connectivity index (χ0v) is 15.9. The standard InChI is InChI=1S/C21H24N2O2S/c1-15-8-9-18-16(13-15)5-3-11-23(18)20(24)17-6-2-10-22(14-17)21(25)19-7-4-12-26-19/h4,7-9,12-13,17H,2-3,5-6,10-11,14H2,1H3. The average Bonchev–Trinajstić information content (AvgIpc) is 3.21. The van der Waals surface area contributed by atoms with Crippen LogP contribution in [0, 0.1) is 12.8 Å². The van der Waals surface area contributed by atoms with E-state index in [4.69, 9.17) is 0 Å². The number of carbonyl (C=O) groups excluding carboxylic acids is 2. The molecule has 0 saturated carbocycles. The first-order chi connectivity index (χ1) is 12.6. The van der Waals surface area contributed by atoms with Gasteiger partial charge in [0, 0.05) is 25.3 Å². The van der Waals surface area contributed by atoms with Crippen LogP contribution < -0.4 is 4.90 Å². The summed E-state index contributed by atoms with van der Waals surface area (Å²) in [7, 11) is 0. The summed E-state index contributed by atoms with van der Waals surface area (Å²) >= 11 is 1.47. The quantitative estimate of drug-likeness (QED) is 0.807. The van der Waals surface area contributed by atoms with Crippen molar-refractivity contribution in [3.8, 4) is 0 Å². The number of nitrogens with zero attached hydrogens (tertiary/aromatic N) is 2. The highest BCUT2D eigenvalue weighted by atomic mass is 32.1. The maximum Gasteiger partial charge on any atom is 0.263 e. The van der Waals surface area contributed by atoms with Crippen LogP contribution in [0.1, 0.15) is 40.1 Å². The van der Waals surface area contributed by atoms with Gasteiger partial charge in [-0.05, 0) is 55.7 Å². The average molecular weight is 369 g/mol. The Morgan fingerprint density at radius 1 is 1.15 bits per heavy atom. The van der Waals surface area contributed by atoms with Crippen molar-refractivity contribution in [2.24, 2.45) is 5.92 Å². The first-order valence-electron chi connectivity index (χ1n) is 9.37. The summed E-state index contributed by atoms with van der Waals surface area (Å²) in [5.41, 5.74) is 3.57. The number of hydrogen-bond acceptors (Lipinski definition) is 3. The van der Waals surface area contributed by atoms with E-state index in [1.165, 1.54) is 22.5 Å². The Hall–Kier alpha value is -2.14. The molecule has 2 aliphatic rings. The second-order valence-corrected chi connectivity index (χ2v) is 8.24. The highest BCUT2D eigenvalue weighted by molar-refractivity contribution is 7.12. The van der Waals surface area contributed by atoms with Gasteiger partial charge in [0.25, 0.3) is 5.91 Å². The number of hydrogen-bond donors (Lipinski definition) is 0. The Bertz CT molecular complexity index is 815. The van der Waals surface area contributed by atoms with E-state index in [-0.39, 0.29) is 17.7 Å². The van der Waals surface area contributed by atoms with Gasteiger partial charge in [-0.1, -0.05) is 23.8 Å². The van der Waals surface area contributed by atoms with Gasteiger partial charge < -0.3 is 9.80 Å². The molecule has 2 aliphatic heterocycles. The third-order valence-corrected chi connectivity index (χ3v) is 6.27. The van der Waals surface area contributed by atoms with E-state index in [0.29, 0.717) is 6.54 Å². The number of rotatable bonds is 2. The molecule has 5 heteroatoms. The molecule has 1 fully saturated rings. The highest BCUT2D eigenvalue weighted by Crippen LogP contribution is 2.31. The van der Waals surface area contributed by atoms with E-state index in [0.717, 1.165) is 49.3 Å². The molecule has 4 rings (SSSR count). The van der Waals surface area contributed by atoms with Gasteiger partial charge >= 0.3 is 0 Å². The van der Waals surface area contributed by atoms with Gasteiger partial charge in [-0.15, -0.1) is 11.3 Å². The molecule has 1 aromatic carbocycles. The second kappa shape index (κ2) is 7.23. The molecular weight excluding hydrogens is 344 g/mol. The first kappa shape index (κ1) is 17.3. The van der Waals surface area contributed by atoms with Crippen LogP contribution >= 0.6 is 11.3 Å². The molecule has 136 valence electrons. The molecule has 0 bridgehead atoms. The van der Waals surface area contributed by atoms with Crippen molar-refractivity contribution >= 4 is 28.8 Å². The molecule has 2 aromatic rings. The molecule has 2 amide bonds. The summed E-state index contributed by atoms with van der Waals surface area (Å²) in [6.45, 7) is 4.16. The molecule has 0 aliphatic carbocycles. The fraction of sp³-hybridized carbons (Fsp3) is 0.429. The zero-order valence-electron chi connectivity index (χ0n) is 15.1. The lowest BCUT2D eigenvalue weighted by molar-refractivity contribution is -0.123. The van der Waals surface area contributed by atoms with Crippen molar-refractivity contribution in [2.75, 3.05) is 24.5 Å². The number of thiophene rings is 1. The van der Waals surface area contributed by atoms with E-state index in [9.17, 15) is 9.59 Å². The van der Waals surface area contributed by atoms with Crippen LogP contribution in [0.3, 0.4) is 0 Å². The lowest BCUT2D eigenvalue weighted by Gasteiger charge is -2.37. The van der Waals surface area contributed by atoms with E-state index in [1.807, 2.05) is 27.3 Å². The summed E-state index contributed by atoms with van der Waals surface area (Å²) in [6.07, 6.45) is 3.80. The van der Waals surface area contributed by atoms with Crippen LogP contribution in [-0.4, -0.2) is 36.3 Å². The molecule has 1 aromatic heterocycles. The van der Waals surface area contributed by atoms with Crippen LogP contribution in [0.2, 0.25) is 0 Å². The van der Waals surface area contributed by atoms with Crippen LogP contribution in [-0.2, 0) is 11.2 Å². The lowest BCUT2D eigenvalue weighted by Crippen LogP contribution is -2.48. The van der Waals surface area contributed by atoms with Gasteiger partial charge in [-0.2, -0.15) is 0 Å². The molecule has 1 saturated heterocycles. The number of carbonyl (C=O) groups is 2. The van der Waals surface area contributed by atoms with Gasteiger partial charge in [0.15, 0.2) is 0 Å². The molecule has 1 unspecified atom stereocenters. The third-order valence-electron chi connectivity index (χ3n) is 5.41. The van der Waals surface area contributed by atoms with Crippen molar-refractivity contribution in [2.45, 2.75) is 32.6 Å². The van der Waals surface area contributed by atoms with Crippen molar-refractivity contribution in [1.29, 1.82) is 0 Å². The normalized spacial score (nSPS) is 20.0. The van der Waals surface area contributed by atoms with Gasteiger partial charge in [0.1, 0.15) is 0 Å². The van der Waals surface area contributed by atoms with Gasteiger partial charge in [-0.3, -0.25) is 9.59 Å². The number of fused-ring (bicyclic) bond motifs is 1. The molecule has 0 spiro atoms. The largest absolute Gasteiger partial charge is 0.337 e. The Balaban J connectivity index is 1.51. The number of aryl methyl sites for hydroxylation is 2. The third kappa shape index (κ3) is 3.28. The van der Waals surface area contributed by atoms with Crippen LogP contribution in [0.5, 0.6) is 0 Å². The van der Waals surface area contributed by atoms with E-state index in [1.54, 1.807) is 0 Å². The number of anilines is 1. The summed E-state index contributed by atoms with van der Waals surface area (Å²) in [4.78, 5) is 30.5. The van der Waals surface area contributed by atoms with E-state index < -0.39 is 0 Å². The van der Waals surface area contributed by atoms with Crippen LogP contribution in [0.4, 0.5) is 5.69 Å². The minimum atomic E-state index is -0.0973. The number of piperidine rings is 1. The lowest BCUT2D eigenvalue weighted by atomic mass is 9.93. The van der Waals surface area contributed by atoms with Gasteiger partial charge in [0.05, 0.1) is 10.8 Å². The molecule has 26 heavy (non-hydrogen) atoms. The Kier molecular flexibility index (Phi) is 4.81. The van der Waals surface area contributed by atoms with Crippen molar-refractivity contribution in [3.05, 3.63) is 51.7 Å². The predicted molar refractivity (Wildman–Crippen MR) is 105 cm³/mol. The number of benzene rings is 1. The first-order valence-corrected chi connectivity index (χ1v) is 10.2. The molecule has 4 nitrogen and oxygen atoms in total. The Morgan fingerprint density at radius 3 is 2.85 bits per heavy atom. The van der Waals surface area contributed by atoms with Crippen molar-refractivity contribution in [1.82, 2.24) is 4.90 Å². The van der Waals surface area contributed by atoms with Crippen LogP contribution in [0.15, 0.2) is 35.7 Å². The van der Waals surface area contributed by atoms with Crippen LogP contribution in [0.25, 0.3) is 0 Å². The van der Waals surface area contributed by atoms with Crippen molar-refractivity contribution in [3.63, 3.8) is 0 Å². The Morgan fingerprint density at radius 2 is 2.04 bits per heavy atom. The fourth-order valence-corrected chi connectivity index (χ4v) is 4.79. The van der Waals surface area contributed by atoms with Gasteiger partial charge in [-0.25, -0.2) is 0 Å². The molecular formula is C21H24N2O2S. The predicted octanol–water partition coefficient (Wildman–Crippen LogP) is 3.89. The summed E-state index contributed by atoms with van der Waals surface area (Å²) in [6, 6.07) is 10.1. The molecule has 3 heterocycles. The topological polar surface area (TPSA) is 40.6 Å². The number of likely N-dealkylation sites (tertiary alicyclic amines) is 1. The SMILES string of the molecule is Cc1ccc2c(c1)CCCN2C(=O)C1CCCN(C(=O)c2cccs2)C1. The smallest absolute Gasteiger partial charge is 0.263 e. The van der Waals surface area contributed by atoms with Crippen molar-refractivity contribution < 1.29 is 9.59 Å². The maximum absolute atomic E-state index is 13.2. The van der Waals surface area contributed by atoms with Gasteiger partial charge in [0.2, 0.25) is 5.91 Å². The summed E-state index contributed by atoms with van der Waals surface area (Å²) in [5, 5.41) is 1.92. The summed E-state index contributed by atoms with van der Waals surface area (Å²) < 4.78 is 0. The molecule has 1 atom stereocenters. The monoisotopic (exact) mass is 368 g/mol. The second-order valence-electron chi connectivity index (χ2n) is 7.29. The summed E-state index contributed by atoms with van der Waals surface area (Å²) in [5.74, 6) is 0.144. The minimum absolute atomic E-state index is 0.0622. The fourth-order valence-electron chi connectivity index (χ4n) is 4.09. The Labute approximate surface area is 158 Å². The zero-order chi connectivity index (χ0) is 18.1. The van der Waals surface area contributed by atoms with E-state index in [2.05, 4.69) is 25.1 Å². The van der Waals surface area contributed by atoms with E-state index >= 15 is 0 Å². The highest BCUT2D eigenvalue weighted by Gasteiger charge is 2.33. The maximum atomic E-state index is 13.2.